The van der Waals surface area contributed by atoms with Gasteiger partial charge in [0.05, 0.1) is 11.9 Å². The van der Waals surface area contributed by atoms with Crippen molar-refractivity contribution in [2.45, 2.75) is 0 Å². The summed E-state index contributed by atoms with van der Waals surface area (Å²) in [6.07, 6.45) is 0.679. The van der Waals surface area contributed by atoms with E-state index in [0.29, 0.717) is 22.7 Å². The number of halogens is 4. The van der Waals surface area contributed by atoms with Crippen LogP contribution < -0.4 is 9.62 Å². The van der Waals surface area contributed by atoms with E-state index in [1.807, 2.05) is 0 Å². The molecule has 0 unspecified atom stereocenters. The summed E-state index contributed by atoms with van der Waals surface area (Å²) in [5.41, 5.74) is -0.638. The van der Waals surface area contributed by atoms with Crippen LogP contribution in [0.5, 0.6) is 0 Å². The molecule has 25 heavy (non-hydrogen) atoms. The molecule has 1 N–H and O–H groups in total. The first kappa shape index (κ1) is 18.7. The van der Waals surface area contributed by atoms with Gasteiger partial charge in [0.1, 0.15) is 12.4 Å². The Kier molecular flexibility index (Phi) is 5.31. The van der Waals surface area contributed by atoms with E-state index in [0.717, 1.165) is 12.1 Å². The van der Waals surface area contributed by atoms with Gasteiger partial charge in [0.15, 0.2) is 17.5 Å². The van der Waals surface area contributed by atoms with Crippen LogP contribution in [0.1, 0.15) is 0 Å². The number of amides is 1. The summed E-state index contributed by atoms with van der Waals surface area (Å²) in [7, 11) is -4.18. The summed E-state index contributed by atoms with van der Waals surface area (Å²) < 4.78 is 77.0. The minimum absolute atomic E-state index is 0.172. The molecule has 0 aliphatic heterocycles. The van der Waals surface area contributed by atoms with Crippen LogP contribution in [0.2, 0.25) is 0 Å². The molecule has 5 nitrogen and oxygen atoms in total. The van der Waals surface area contributed by atoms with Crippen molar-refractivity contribution in [3.63, 3.8) is 0 Å². The number of hydrogen-bond acceptors (Lipinski definition) is 3. The Bertz CT molecular complexity index is 902. The number of rotatable bonds is 5. The van der Waals surface area contributed by atoms with Crippen LogP contribution in [0.3, 0.4) is 0 Å². The maximum Gasteiger partial charge on any atom is 0.245 e. The number of sulfonamides is 1. The molecule has 0 bridgehead atoms. The molecule has 0 fully saturated rings. The summed E-state index contributed by atoms with van der Waals surface area (Å²) in [6.45, 7) is -0.891. The fraction of sp³-hybridized carbons (Fsp3) is 0.133. The van der Waals surface area contributed by atoms with Gasteiger partial charge in [0.25, 0.3) is 0 Å². The molecule has 0 aromatic heterocycles. The maximum absolute atomic E-state index is 13.9. The lowest BCUT2D eigenvalue weighted by atomic mass is 10.2. The lowest BCUT2D eigenvalue weighted by Gasteiger charge is -2.22. The minimum Gasteiger partial charge on any atom is -0.325 e. The number of hydrogen-bond donors (Lipinski definition) is 1. The molecule has 1 amide bonds. The Morgan fingerprint density at radius 2 is 1.60 bits per heavy atom. The van der Waals surface area contributed by atoms with Gasteiger partial charge in [-0.2, -0.15) is 0 Å². The van der Waals surface area contributed by atoms with Crippen LogP contribution in [0.25, 0.3) is 0 Å². The van der Waals surface area contributed by atoms with Crippen LogP contribution >= 0.6 is 0 Å². The van der Waals surface area contributed by atoms with Gasteiger partial charge in [-0.25, -0.2) is 26.0 Å². The smallest absolute Gasteiger partial charge is 0.245 e. The van der Waals surface area contributed by atoms with Crippen molar-refractivity contribution in [3.8, 4) is 0 Å². The van der Waals surface area contributed by atoms with E-state index in [1.165, 1.54) is 12.1 Å². The van der Waals surface area contributed by atoms with E-state index in [1.54, 1.807) is 0 Å². The lowest BCUT2D eigenvalue weighted by molar-refractivity contribution is -0.114. The molecule has 0 saturated carbocycles. The lowest BCUT2D eigenvalue weighted by Crippen LogP contribution is -2.38. The van der Waals surface area contributed by atoms with Crippen LogP contribution in [0.15, 0.2) is 36.4 Å². The topological polar surface area (TPSA) is 66.5 Å². The van der Waals surface area contributed by atoms with Crippen molar-refractivity contribution in [2.24, 2.45) is 0 Å². The maximum atomic E-state index is 13.9. The van der Waals surface area contributed by atoms with E-state index in [-0.39, 0.29) is 5.69 Å². The monoisotopic (exact) mass is 376 g/mol. The highest BCUT2D eigenvalue weighted by atomic mass is 32.2. The van der Waals surface area contributed by atoms with Gasteiger partial charge in [0, 0.05) is 5.69 Å². The summed E-state index contributed by atoms with van der Waals surface area (Å²) in [5.74, 6) is -6.52. The largest absolute Gasteiger partial charge is 0.325 e. The molecule has 0 radical (unpaired) electrons. The van der Waals surface area contributed by atoms with Crippen molar-refractivity contribution in [1.29, 1.82) is 0 Å². The predicted octanol–water partition coefficient (Wildman–Crippen LogP) is 2.65. The Morgan fingerprint density at radius 1 is 1.00 bits per heavy atom. The van der Waals surface area contributed by atoms with Crippen LogP contribution in [0.4, 0.5) is 28.9 Å². The SMILES string of the molecule is CS(=O)(=O)N(CC(=O)Nc1ccc(F)cc1)c1ccc(F)c(F)c1F. The number of carbonyl (C=O) groups excluding carboxylic acids is 1. The highest BCUT2D eigenvalue weighted by Gasteiger charge is 2.26. The van der Waals surface area contributed by atoms with Crippen LogP contribution in [0, 0.1) is 23.3 Å². The molecular weight excluding hydrogens is 364 g/mol. The Hall–Kier alpha value is -2.62. The number of benzene rings is 2. The molecule has 2 aromatic carbocycles. The average Bonchev–Trinajstić information content (AvgIpc) is 2.52. The fourth-order valence-corrected chi connectivity index (χ4v) is 2.80. The second kappa shape index (κ2) is 7.09. The number of nitrogens with one attached hydrogen (secondary N) is 1. The average molecular weight is 376 g/mol. The van der Waals surface area contributed by atoms with Gasteiger partial charge in [0.2, 0.25) is 15.9 Å². The van der Waals surface area contributed by atoms with Crippen molar-refractivity contribution in [3.05, 3.63) is 59.7 Å². The third-order valence-corrected chi connectivity index (χ3v) is 4.23. The minimum atomic E-state index is -4.18. The number of carbonyl (C=O) groups is 1. The zero-order valence-corrected chi connectivity index (χ0v) is 13.6. The van der Waals surface area contributed by atoms with Crippen molar-refractivity contribution >= 4 is 27.3 Å². The summed E-state index contributed by atoms with van der Waals surface area (Å²) in [4.78, 5) is 12.0. The third kappa shape index (κ3) is 4.47. The zero-order chi connectivity index (χ0) is 18.8. The Labute approximate surface area is 140 Å². The second-order valence-electron chi connectivity index (χ2n) is 5.02. The van der Waals surface area contributed by atoms with Gasteiger partial charge in [-0.05, 0) is 36.4 Å². The van der Waals surface area contributed by atoms with Gasteiger partial charge in [-0.15, -0.1) is 0 Å². The Balaban J connectivity index is 2.29. The van der Waals surface area contributed by atoms with E-state index in [4.69, 9.17) is 0 Å². The fourth-order valence-electron chi connectivity index (χ4n) is 1.95. The first-order valence-electron chi connectivity index (χ1n) is 6.76. The highest BCUT2D eigenvalue weighted by Crippen LogP contribution is 2.25. The van der Waals surface area contributed by atoms with Crippen molar-refractivity contribution in [2.75, 3.05) is 22.4 Å². The number of anilines is 2. The normalized spacial score (nSPS) is 11.2. The molecule has 2 rings (SSSR count). The van der Waals surface area contributed by atoms with E-state index >= 15 is 0 Å². The van der Waals surface area contributed by atoms with Gasteiger partial charge in [-0.3, -0.25) is 9.10 Å². The van der Waals surface area contributed by atoms with E-state index in [9.17, 15) is 30.8 Å². The molecule has 0 saturated heterocycles. The summed E-state index contributed by atoms with van der Waals surface area (Å²) in [6, 6.07) is 5.86. The molecule has 134 valence electrons. The van der Waals surface area contributed by atoms with E-state index < -0.39 is 51.4 Å². The molecular formula is C15H12F4N2O3S. The second-order valence-corrected chi connectivity index (χ2v) is 6.93. The first-order chi connectivity index (χ1) is 11.6. The molecule has 0 aliphatic rings. The predicted molar refractivity (Wildman–Crippen MR) is 83.5 cm³/mol. The molecule has 0 heterocycles. The first-order valence-corrected chi connectivity index (χ1v) is 8.61. The molecule has 0 spiro atoms. The molecule has 10 heteroatoms. The number of nitrogens with zero attached hydrogens (tertiary/aromatic N) is 1. The summed E-state index contributed by atoms with van der Waals surface area (Å²) >= 11 is 0. The highest BCUT2D eigenvalue weighted by molar-refractivity contribution is 7.92. The molecule has 0 atom stereocenters. The quantitative estimate of drug-likeness (QED) is 0.645. The molecule has 2 aromatic rings. The van der Waals surface area contributed by atoms with Gasteiger partial charge in [-0.1, -0.05) is 0 Å². The van der Waals surface area contributed by atoms with E-state index in [2.05, 4.69) is 5.32 Å². The van der Waals surface area contributed by atoms with Gasteiger partial charge >= 0.3 is 0 Å². The summed E-state index contributed by atoms with van der Waals surface area (Å²) in [5, 5.41) is 2.28. The molecule has 0 aliphatic carbocycles. The third-order valence-electron chi connectivity index (χ3n) is 3.10. The van der Waals surface area contributed by atoms with Gasteiger partial charge < -0.3 is 5.32 Å². The Morgan fingerprint density at radius 3 is 2.16 bits per heavy atom. The zero-order valence-electron chi connectivity index (χ0n) is 12.8. The van der Waals surface area contributed by atoms with Crippen molar-refractivity contribution in [1.82, 2.24) is 0 Å². The van der Waals surface area contributed by atoms with Crippen molar-refractivity contribution < 1.29 is 30.8 Å². The van der Waals surface area contributed by atoms with Crippen LogP contribution in [-0.2, 0) is 14.8 Å². The standard InChI is InChI=1S/C15H12F4N2O3S/c1-25(23,24)21(12-7-6-11(17)14(18)15(12)19)8-13(22)20-10-4-2-9(16)3-5-10/h2-7H,8H2,1H3,(H,20,22). The van der Waals surface area contributed by atoms with Crippen LogP contribution in [-0.4, -0.2) is 27.1 Å².